The van der Waals surface area contributed by atoms with Crippen LogP contribution >= 0.6 is 0 Å². The third kappa shape index (κ3) is 5.02. The van der Waals surface area contributed by atoms with Crippen LogP contribution in [0.5, 0.6) is 6.01 Å². The van der Waals surface area contributed by atoms with Crippen LogP contribution in [-0.2, 0) is 13.0 Å². The number of piperidine rings is 1. The molecule has 0 N–H and O–H groups in total. The van der Waals surface area contributed by atoms with Crippen LogP contribution in [0.1, 0.15) is 48.9 Å². The van der Waals surface area contributed by atoms with E-state index in [0.29, 0.717) is 31.0 Å². The van der Waals surface area contributed by atoms with Crippen LogP contribution in [-0.4, -0.2) is 60.7 Å². The number of hydrogen-bond donors (Lipinski definition) is 0. The van der Waals surface area contributed by atoms with Crippen molar-refractivity contribution in [3.63, 3.8) is 0 Å². The SMILES string of the molecule is Cc1ccc2cccc(N3CCc4c(nc(OC[C@@H]5CCCN5C)nc4N4CCCC(CC#N)C4)C3)c2c1. The van der Waals surface area contributed by atoms with Crippen molar-refractivity contribution in [2.75, 3.05) is 49.6 Å². The Bertz CT molecular complexity index is 1350. The molecule has 0 bridgehead atoms. The molecule has 2 saturated heterocycles. The Balaban J connectivity index is 1.33. The first-order valence-electron chi connectivity index (χ1n) is 14.2. The summed E-state index contributed by atoms with van der Waals surface area (Å²) in [5, 5.41) is 11.9. The first-order valence-corrected chi connectivity index (χ1v) is 14.2. The van der Waals surface area contributed by atoms with Crippen molar-refractivity contribution >= 4 is 22.3 Å². The summed E-state index contributed by atoms with van der Waals surface area (Å²) in [7, 11) is 2.17. The highest BCUT2D eigenvalue weighted by atomic mass is 16.5. The quantitative estimate of drug-likeness (QED) is 0.457. The number of ether oxygens (including phenoxy) is 1. The van der Waals surface area contributed by atoms with E-state index in [1.54, 1.807) is 0 Å². The maximum Gasteiger partial charge on any atom is 0.318 e. The Morgan fingerprint density at radius 2 is 1.95 bits per heavy atom. The second kappa shape index (κ2) is 10.8. The molecule has 0 spiro atoms. The van der Waals surface area contributed by atoms with Crippen LogP contribution in [0, 0.1) is 24.2 Å². The third-order valence-corrected chi connectivity index (χ3v) is 8.65. The normalized spacial score (nSPS) is 21.9. The molecule has 2 fully saturated rings. The second-order valence-corrected chi connectivity index (χ2v) is 11.3. The van der Waals surface area contributed by atoms with Crippen LogP contribution in [0.2, 0.25) is 0 Å². The van der Waals surface area contributed by atoms with Gasteiger partial charge in [0.1, 0.15) is 12.4 Å². The zero-order chi connectivity index (χ0) is 26.1. The molecule has 2 aromatic carbocycles. The first kappa shape index (κ1) is 24.9. The number of anilines is 2. The summed E-state index contributed by atoms with van der Waals surface area (Å²) in [5.74, 6) is 1.43. The molecule has 6 rings (SSSR count). The fraction of sp³-hybridized carbons (Fsp3) is 0.516. The number of nitriles is 1. The number of likely N-dealkylation sites (tertiary alicyclic amines) is 1. The summed E-state index contributed by atoms with van der Waals surface area (Å²) < 4.78 is 6.30. The number of aryl methyl sites for hydroxylation is 1. The fourth-order valence-corrected chi connectivity index (χ4v) is 6.48. The lowest BCUT2D eigenvalue weighted by Crippen LogP contribution is -2.39. The predicted octanol–water partition coefficient (Wildman–Crippen LogP) is 5.10. The fourth-order valence-electron chi connectivity index (χ4n) is 6.48. The molecule has 38 heavy (non-hydrogen) atoms. The summed E-state index contributed by atoms with van der Waals surface area (Å²) in [6.07, 6.45) is 6.09. The lowest BCUT2D eigenvalue weighted by atomic mass is 9.94. The minimum absolute atomic E-state index is 0.398. The Labute approximate surface area is 226 Å². The van der Waals surface area contributed by atoms with Crippen molar-refractivity contribution in [2.45, 2.75) is 58.0 Å². The van der Waals surface area contributed by atoms with Gasteiger partial charge in [0, 0.05) is 48.7 Å². The zero-order valence-corrected chi connectivity index (χ0v) is 22.7. The molecule has 3 aliphatic rings. The highest BCUT2D eigenvalue weighted by Crippen LogP contribution is 2.36. The largest absolute Gasteiger partial charge is 0.462 e. The van der Waals surface area contributed by atoms with E-state index in [1.165, 1.54) is 34.0 Å². The van der Waals surface area contributed by atoms with E-state index in [4.69, 9.17) is 14.7 Å². The van der Waals surface area contributed by atoms with Gasteiger partial charge in [0.05, 0.1) is 18.3 Å². The first-order chi connectivity index (χ1) is 18.6. The molecule has 0 radical (unpaired) electrons. The lowest BCUT2D eigenvalue weighted by molar-refractivity contribution is 0.187. The number of benzene rings is 2. The molecule has 7 heteroatoms. The van der Waals surface area contributed by atoms with Crippen LogP contribution in [0.15, 0.2) is 36.4 Å². The number of nitrogens with zero attached hydrogens (tertiary/aromatic N) is 6. The summed E-state index contributed by atoms with van der Waals surface area (Å²) in [5.41, 5.74) is 4.86. The molecule has 2 atom stereocenters. The molecule has 198 valence electrons. The van der Waals surface area contributed by atoms with Gasteiger partial charge in [0.2, 0.25) is 0 Å². The minimum atomic E-state index is 0.398. The van der Waals surface area contributed by atoms with Gasteiger partial charge >= 0.3 is 6.01 Å². The Morgan fingerprint density at radius 3 is 2.79 bits per heavy atom. The van der Waals surface area contributed by atoms with Gasteiger partial charge in [-0.1, -0.05) is 29.8 Å². The topological polar surface area (TPSA) is 68.5 Å². The molecule has 3 aromatic rings. The van der Waals surface area contributed by atoms with E-state index < -0.39 is 0 Å². The van der Waals surface area contributed by atoms with E-state index in [2.05, 4.69) is 71.1 Å². The van der Waals surface area contributed by atoms with E-state index in [9.17, 15) is 5.26 Å². The Hall–Kier alpha value is -3.37. The van der Waals surface area contributed by atoms with Crippen molar-refractivity contribution in [1.82, 2.24) is 14.9 Å². The van der Waals surface area contributed by atoms with Gasteiger partial charge in [-0.15, -0.1) is 0 Å². The number of fused-ring (bicyclic) bond motifs is 2. The number of aromatic nitrogens is 2. The average molecular weight is 511 g/mol. The number of likely N-dealkylation sites (N-methyl/N-ethyl adjacent to an activating group) is 1. The second-order valence-electron chi connectivity index (χ2n) is 11.3. The lowest BCUT2D eigenvalue weighted by Gasteiger charge is -2.37. The van der Waals surface area contributed by atoms with Gasteiger partial charge in [-0.2, -0.15) is 15.2 Å². The summed E-state index contributed by atoms with van der Waals surface area (Å²) in [6.45, 7) is 7.43. The standard InChI is InChI=1S/C31H38N6O/c1-22-10-11-24-7-3-9-29(27(24)18-22)36-17-13-26-28(20-36)33-31(38-21-25-8-5-15-35(25)2)34-30(26)37-16-4-6-23(19-37)12-14-32/h3,7,9-11,18,23,25H,4-6,8,12-13,15-17,19-21H2,1-2H3/t23?,25-/m0/s1. The van der Waals surface area contributed by atoms with Gasteiger partial charge in [-0.3, -0.25) is 0 Å². The van der Waals surface area contributed by atoms with Crippen molar-refractivity contribution in [1.29, 1.82) is 5.26 Å². The Morgan fingerprint density at radius 1 is 1.05 bits per heavy atom. The summed E-state index contributed by atoms with van der Waals surface area (Å²) in [4.78, 5) is 17.3. The predicted molar refractivity (Wildman–Crippen MR) is 152 cm³/mol. The highest BCUT2D eigenvalue weighted by molar-refractivity contribution is 5.94. The summed E-state index contributed by atoms with van der Waals surface area (Å²) >= 11 is 0. The van der Waals surface area contributed by atoms with Gasteiger partial charge in [-0.25, -0.2) is 0 Å². The molecule has 7 nitrogen and oxygen atoms in total. The maximum atomic E-state index is 9.31. The van der Waals surface area contributed by atoms with Crippen LogP contribution < -0.4 is 14.5 Å². The maximum absolute atomic E-state index is 9.31. The number of rotatable bonds is 6. The Kier molecular flexibility index (Phi) is 7.08. The molecule has 4 heterocycles. The number of hydrogen-bond acceptors (Lipinski definition) is 7. The molecule has 0 saturated carbocycles. The molecular weight excluding hydrogens is 472 g/mol. The molecular formula is C31H38N6O. The molecule has 0 aliphatic carbocycles. The summed E-state index contributed by atoms with van der Waals surface area (Å²) in [6, 6.07) is 16.6. The van der Waals surface area contributed by atoms with Gasteiger partial charge in [-0.05, 0) is 76.1 Å². The van der Waals surface area contributed by atoms with E-state index in [1.807, 2.05) is 0 Å². The van der Waals surface area contributed by atoms with E-state index in [-0.39, 0.29) is 0 Å². The molecule has 0 amide bonds. The van der Waals surface area contributed by atoms with Crippen LogP contribution in [0.4, 0.5) is 11.5 Å². The van der Waals surface area contributed by atoms with Crippen molar-refractivity contribution in [3.05, 3.63) is 53.2 Å². The molecule has 1 unspecified atom stereocenters. The van der Waals surface area contributed by atoms with Gasteiger partial charge < -0.3 is 19.4 Å². The van der Waals surface area contributed by atoms with Gasteiger partial charge in [0.15, 0.2) is 0 Å². The minimum Gasteiger partial charge on any atom is -0.462 e. The van der Waals surface area contributed by atoms with Crippen LogP contribution in [0.25, 0.3) is 10.8 Å². The highest BCUT2D eigenvalue weighted by Gasteiger charge is 2.30. The third-order valence-electron chi connectivity index (χ3n) is 8.65. The zero-order valence-electron chi connectivity index (χ0n) is 22.7. The molecule has 3 aliphatic heterocycles. The van der Waals surface area contributed by atoms with Crippen molar-refractivity contribution in [3.8, 4) is 12.1 Å². The average Bonchev–Trinajstić information content (AvgIpc) is 3.35. The van der Waals surface area contributed by atoms with Crippen molar-refractivity contribution < 1.29 is 4.74 Å². The van der Waals surface area contributed by atoms with E-state index in [0.717, 1.165) is 69.9 Å². The van der Waals surface area contributed by atoms with Crippen molar-refractivity contribution in [2.24, 2.45) is 5.92 Å². The van der Waals surface area contributed by atoms with E-state index >= 15 is 0 Å². The molecule has 1 aromatic heterocycles. The van der Waals surface area contributed by atoms with Crippen LogP contribution in [0.3, 0.4) is 0 Å². The smallest absolute Gasteiger partial charge is 0.318 e. The van der Waals surface area contributed by atoms with Gasteiger partial charge in [0.25, 0.3) is 0 Å². The monoisotopic (exact) mass is 510 g/mol.